The Hall–Kier alpha value is -3.95. The summed E-state index contributed by atoms with van der Waals surface area (Å²) >= 11 is 0. The van der Waals surface area contributed by atoms with E-state index in [1.54, 1.807) is 19.1 Å². The number of hydrogen-bond donors (Lipinski definition) is 3. The van der Waals surface area contributed by atoms with Crippen LogP contribution in [-0.2, 0) is 0 Å². The third kappa shape index (κ3) is 5.16. The maximum Gasteiger partial charge on any atom is 0.319 e. The molecule has 10 nitrogen and oxygen atoms in total. The molecular weight excluding hydrogens is 434 g/mol. The van der Waals surface area contributed by atoms with Gasteiger partial charge >= 0.3 is 6.03 Å². The Morgan fingerprint density at radius 2 is 1.74 bits per heavy atom. The average molecular weight is 464 g/mol. The summed E-state index contributed by atoms with van der Waals surface area (Å²) in [5.41, 5.74) is 1.75. The standard InChI is InChI=1S/C24H29N7O3/c1-15-19(9-6-10-21(15)31(33)34)28-24(32)26-17-13-11-16(12-14-17)25-23-27-20-8-5-4-7-18(20)22(29-23)30(2)3/h4-10,16-17H,11-14H2,1-3H3,(H,25,27,29)(H2,26,28,32)/t16-,17+. The fraction of sp³-hybridized carbons (Fsp3) is 0.375. The Balaban J connectivity index is 1.33. The molecule has 1 aliphatic carbocycles. The van der Waals surface area contributed by atoms with Gasteiger partial charge in [0.05, 0.1) is 21.7 Å². The van der Waals surface area contributed by atoms with E-state index in [0.717, 1.165) is 42.4 Å². The van der Waals surface area contributed by atoms with Crippen LogP contribution in [-0.4, -0.2) is 47.1 Å². The van der Waals surface area contributed by atoms with Crippen molar-refractivity contribution in [2.45, 2.75) is 44.7 Å². The molecule has 0 saturated heterocycles. The van der Waals surface area contributed by atoms with E-state index < -0.39 is 4.92 Å². The zero-order valence-corrected chi connectivity index (χ0v) is 19.5. The van der Waals surface area contributed by atoms with Crippen molar-refractivity contribution in [2.75, 3.05) is 29.6 Å². The number of carbonyl (C=O) groups excluding carboxylic acids is 1. The summed E-state index contributed by atoms with van der Waals surface area (Å²) < 4.78 is 0. The number of anilines is 3. The number of amides is 2. The largest absolute Gasteiger partial charge is 0.362 e. The van der Waals surface area contributed by atoms with Crippen LogP contribution in [0.1, 0.15) is 31.2 Å². The van der Waals surface area contributed by atoms with E-state index in [0.29, 0.717) is 17.2 Å². The van der Waals surface area contributed by atoms with Gasteiger partial charge in [-0.15, -0.1) is 0 Å². The highest BCUT2D eigenvalue weighted by molar-refractivity contribution is 5.91. The van der Waals surface area contributed by atoms with Gasteiger partial charge in [0.25, 0.3) is 5.69 Å². The number of para-hydroxylation sites is 1. The molecular formula is C24H29N7O3. The lowest BCUT2D eigenvalue weighted by Crippen LogP contribution is -2.42. The van der Waals surface area contributed by atoms with Gasteiger partial charge in [-0.3, -0.25) is 10.1 Å². The monoisotopic (exact) mass is 463 g/mol. The van der Waals surface area contributed by atoms with Crippen LogP contribution < -0.4 is 20.9 Å². The molecule has 10 heteroatoms. The number of urea groups is 1. The SMILES string of the molecule is Cc1c(NC(=O)N[C@H]2CC[C@@H](Nc3nc(N(C)C)c4ccccc4n3)CC2)cccc1[N+](=O)[O-]. The Kier molecular flexibility index (Phi) is 6.76. The number of nitrogens with zero attached hydrogens (tertiary/aromatic N) is 4. The summed E-state index contributed by atoms with van der Waals surface area (Å²) in [5, 5.41) is 21.3. The molecule has 178 valence electrons. The van der Waals surface area contributed by atoms with Crippen molar-refractivity contribution in [1.82, 2.24) is 15.3 Å². The summed E-state index contributed by atoms with van der Waals surface area (Å²) in [5.74, 6) is 1.48. The molecule has 0 radical (unpaired) electrons. The van der Waals surface area contributed by atoms with Crippen molar-refractivity contribution < 1.29 is 9.72 Å². The molecule has 0 aliphatic heterocycles. The van der Waals surface area contributed by atoms with E-state index in [4.69, 9.17) is 4.98 Å². The normalized spacial score (nSPS) is 17.7. The zero-order chi connectivity index (χ0) is 24.2. The van der Waals surface area contributed by atoms with E-state index >= 15 is 0 Å². The first kappa shape index (κ1) is 23.2. The number of rotatable bonds is 6. The summed E-state index contributed by atoms with van der Waals surface area (Å²) in [6.45, 7) is 1.63. The van der Waals surface area contributed by atoms with Crippen molar-refractivity contribution in [3.05, 3.63) is 58.1 Å². The van der Waals surface area contributed by atoms with E-state index in [-0.39, 0.29) is 23.8 Å². The Bertz CT molecular complexity index is 1210. The lowest BCUT2D eigenvalue weighted by atomic mass is 9.91. The van der Waals surface area contributed by atoms with Gasteiger partial charge in [0, 0.05) is 37.6 Å². The smallest absolute Gasteiger partial charge is 0.319 e. The highest BCUT2D eigenvalue weighted by Gasteiger charge is 2.24. The van der Waals surface area contributed by atoms with Gasteiger partial charge < -0.3 is 20.9 Å². The molecule has 4 rings (SSSR count). The van der Waals surface area contributed by atoms with Crippen LogP contribution in [0.15, 0.2) is 42.5 Å². The lowest BCUT2D eigenvalue weighted by Gasteiger charge is -2.30. The molecule has 2 aromatic carbocycles. The summed E-state index contributed by atoms with van der Waals surface area (Å²) in [6.07, 6.45) is 3.36. The number of carbonyl (C=O) groups is 1. The van der Waals surface area contributed by atoms with E-state index in [1.807, 2.05) is 43.3 Å². The molecule has 1 heterocycles. The molecule has 0 atom stereocenters. The fourth-order valence-corrected chi connectivity index (χ4v) is 4.33. The second kappa shape index (κ2) is 9.90. The second-order valence-corrected chi connectivity index (χ2v) is 8.78. The predicted octanol–water partition coefficient (Wildman–Crippen LogP) is 4.46. The third-order valence-corrected chi connectivity index (χ3v) is 6.15. The van der Waals surface area contributed by atoms with Crippen molar-refractivity contribution in [1.29, 1.82) is 0 Å². The van der Waals surface area contributed by atoms with Crippen LogP contribution >= 0.6 is 0 Å². The first-order valence-electron chi connectivity index (χ1n) is 11.3. The van der Waals surface area contributed by atoms with Crippen molar-refractivity contribution in [3.8, 4) is 0 Å². The van der Waals surface area contributed by atoms with E-state index in [9.17, 15) is 14.9 Å². The quantitative estimate of drug-likeness (QED) is 0.364. The van der Waals surface area contributed by atoms with Gasteiger partial charge in [-0.2, -0.15) is 4.98 Å². The maximum absolute atomic E-state index is 12.5. The molecule has 2 amide bonds. The van der Waals surface area contributed by atoms with Gasteiger partial charge in [-0.05, 0) is 50.8 Å². The maximum atomic E-state index is 12.5. The number of nitro benzene ring substituents is 1. The van der Waals surface area contributed by atoms with Gasteiger partial charge in [0.15, 0.2) is 0 Å². The predicted molar refractivity (Wildman–Crippen MR) is 134 cm³/mol. The Morgan fingerprint density at radius 1 is 1.03 bits per heavy atom. The zero-order valence-electron chi connectivity index (χ0n) is 19.5. The molecule has 34 heavy (non-hydrogen) atoms. The number of fused-ring (bicyclic) bond motifs is 1. The number of aromatic nitrogens is 2. The first-order valence-corrected chi connectivity index (χ1v) is 11.3. The second-order valence-electron chi connectivity index (χ2n) is 8.78. The minimum Gasteiger partial charge on any atom is -0.362 e. The molecule has 1 fully saturated rings. The Morgan fingerprint density at radius 3 is 2.44 bits per heavy atom. The molecule has 3 N–H and O–H groups in total. The molecule has 1 aromatic heterocycles. The average Bonchev–Trinajstić information content (AvgIpc) is 2.81. The Labute approximate surface area is 197 Å². The molecule has 0 spiro atoms. The molecule has 1 saturated carbocycles. The van der Waals surface area contributed by atoms with Crippen LogP contribution in [0.2, 0.25) is 0 Å². The number of hydrogen-bond acceptors (Lipinski definition) is 7. The van der Waals surface area contributed by atoms with Gasteiger partial charge in [-0.25, -0.2) is 9.78 Å². The number of benzene rings is 2. The lowest BCUT2D eigenvalue weighted by molar-refractivity contribution is -0.385. The fourth-order valence-electron chi connectivity index (χ4n) is 4.33. The van der Waals surface area contributed by atoms with Gasteiger partial charge in [0.1, 0.15) is 5.82 Å². The number of nitrogens with one attached hydrogen (secondary N) is 3. The summed E-state index contributed by atoms with van der Waals surface area (Å²) in [7, 11) is 3.94. The molecule has 0 unspecified atom stereocenters. The first-order chi connectivity index (χ1) is 16.3. The van der Waals surface area contributed by atoms with Gasteiger partial charge in [-0.1, -0.05) is 18.2 Å². The molecule has 0 bridgehead atoms. The van der Waals surface area contributed by atoms with Crippen molar-refractivity contribution in [3.63, 3.8) is 0 Å². The van der Waals surface area contributed by atoms with E-state index in [2.05, 4.69) is 20.9 Å². The minimum atomic E-state index is -0.451. The molecule has 1 aliphatic rings. The van der Waals surface area contributed by atoms with E-state index in [1.165, 1.54) is 6.07 Å². The topological polar surface area (TPSA) is 125 Å². The van der Waals surface area contributed by atoms with Crippen molar-refractivity contribution in [2.24, 2.45) is 0 Å². The summed E-state index contributed by atoms with van der Waals surface area (Å²) in [6, 6.07) is 12.5. The minimum absolute atomic E-state index is 0.0160. The highest BCUT2D eigenvalue weighted by Crippen LogP contribution is 2.27. The van der Waals surface area contributed by atoms with Crippen LogP contribution in [0, 0.1) is 17.0 Å². The number of nitro groups is 1. The highest BCUT2D eigenvalue weighted by atomic mass is 16.6. The van der Waals surface area contributed by atoms with Crippen LogP contribution in [0.3, 0.4) is 0 Å². The van der Waals surface area contributed by atoms with Crippen LogP contribution in [0.5, 0.6) is 0 Å². The molecule has 3 aromatic rings. The summed E-state index contributed by atoms with van der Waals surface area (Å²) in [4.78, 5) is 34.5. The van der Waals surface area contributed by atoms with Gasteiger partial charge in [0.2, 0.25) is 5.95 Å². The van der Waals surface area contributed by atoms with Crippen LogP contribution in [0.25, 0.3) is 10.9 Å². The van der Waals surface area contributed by atoms with Crippen LogP contribution in [0.4, 0.5) is 27.9 Å². The van der Waals surface area contributed by atoms with Crippen molar-refractivity contribution >= 4 is 40.1 Å². The third-order valence-electron chi connectivity index (χ3n) is 6.15.